The normalized spacial score (nSPS) is 11.8. The van der Waals surface area contributed by atoms with Gasteiger partial charge in [0.05, 0.1) is 11.6 Å². The summed E-state index contributed by atoms with van der Waals surface area (Å²) in [6.07, 6.45) is -0.475. The monoisotopic (exact) mass is 401 g/mol. The van der Waals surface area contributed by atoms with E-state index in [2.05, 4.69) is 41.4 Å². The molecule has 0 unspecified atom stereocenters. The smallest absolute Gasteiger partial charge is 0.407 e. The van der Waals surface area contributed by atoms with Crippen molar-refractivity contribution in [2.75, 3.05) is 13.2 Å². The maximum atomic E-state index is 12.1. The van der Waals surface area contributed by atoms with Crippen LogP contribution in [-0.4, -0.2) is 19.2 Å². The van der Waals surface area contributed by atoms with Gasteiger partial charge in [-0.05, 0) is 40.8 Å². The Kier molecular flexibility index (Phi) is 5.55. The van der Waals surface area contributed by atoms with Crippen LogP contribution in [0.25, 0.3) is 11.1 Å². The average Bonchev–Trinajstić information content (AvgIpc) is 3.05. The molecule has 0 aromatic heterocycles. The lowest BCUT2D eigenvalue weighted by molar-refractivity contribution is 0.144. The lowest BCUT2D eigenvalue weighted by Crippen LogP contribution is -2.26. The first-order valence-corrected chi connectivity index (χ1v) is 9.86. The van der Waals surface area contributed by atoms with Crippen LogP contribution in [0.3, 0.4) is 0 Å². The fourth-order valence-corrected chi connectivity index (χ4v) is 3.96. The first-order valence-electron chi connectivity index (χ1n) is 9.48. The summed E-state index contributed by atoms with van der Waals surface area (Å²) < 4.78 is 5.50. The highest BCUT2D eigenvalue weighted by Gasteiger charge is 2.28. The number of nitrogens with one attached hydrogen (secondary N) is 1. The van der Waals surface area contributed by atoms with E-state index in [0.29, 0.717) is 5.02 Å². The number of rotatable bonds is 3. The predicted molar refractivity (Wildman–Crippen MR) is 116 cm³/mol. The van der Waals surface area contributed by atoms with Gasteiger partial charge in [-0.1, -0.05) is 84.1 Å². The topological polar surface area (TPSA) is 38.3 Å². The van der Waals surface area contributed by atoms with Crippen molar-refractivity contribution >= 4 is 17.7 Å². The van der Waals surface area contributed by atoms with Gasteiger partial charge >= 0.3 is 6.09 Å². The molecule has 0 saturated heterocycles. The minimum absolute atomic E-state index is 0.0463. The number of aryl methyl sites for hydroxylation is 1. The number of alkyl carbamates (subject to hydrolysis) is 1. The summed E-state index contributed by atoms with van der Waals surface area (Å²) >= 11 is 6.16. The fourth-order valence-electron chi connectivity index (χ4n) is 3.69. The van der Waals surface area contributed by atoms with Crippen LogP contribution >= 0.6 is 11.6 Å². The zero-order chi connectivity index (χ0) is 20.2. The molecule has 29 heavy (non-hydrogen) atoms. The highest BCUT2D eigenvalue weighted by atomic mass is 35.5. The van der Waals surface area contributed by atoms with Gasteiger partial charge in [0.2, 0.25) is 0 Å². The molecule has 0 radical (unpaired) electrons. The van der Waals surface area contributed by atoms with Crippen molar-refractivity contribution in [1.82, 2.24) is 5.32 Å². The van der Waals surface area contributed by atoms with Crippen molar-refractivity contribution in [3.05, 3.63) is 94.0 Å². The summed E-state index contributed by atoms with van der Waals surface area (Å²) in [6.45, 7) is 2.44. The third kappa shape index (κ3) is 3.99. The van der Waals surface area contributed by atoms with Gasteiger partial charge in [0.15, 0.2) is 0 Å². The standard InChI is InChI=1S/C25H20ClNO2/c1-17-8-6-14-24(26)18(17)13-7-15-27-25(28)29-16-23-21-11-4-2-9-19(21)20-10-3-5-12-22(20)23/h2-6,8-12,14,23H,15-16H2,1H3,(H,27,28). The Morgan fingerprint density at radius 2 is 1.66 bits per heavy atom. The van der Waals surface area contributed by atoms with Crippen LogP contribution in [0.1, 0.15) is 28.2 Å². The van der Waals surface area contributed by atoms with Crippen molar-refractivity contribution in [3.8, 4) is 23.0 Å². The van der Waals surface area contributed by atoms with Gasteiger partial charge in [-0.2, -0.15) is 0 Å². The van der Waals surface area contributed by atoms with Crippen LogP contribution in [0.4, 0.5) is 4.79 Å². The van der Waals surface area contributed by atoms with Crippen LogP contribution in [0.5, 0.6) is 0 Å². The SMILES string of the molecule is Cc1cccc(Cl)c1C#CCNC(=O)OCC1c2ccccc2-c2ccccc21. The second-order valence-electron chi connectivity index (χ2n) is 6.91. The molecular weight excluding hydrogens is 382 g/mol. The number of carbonyl (C=O) groups is 1. The zero-order valence-electron chi connectivity index (χ0n) is 16.0. The van der Waals surface area contributed by atoms with Crippen molar-refractivity contribution in [3.63, 3.8) is 0 Å². The maximum Gasteiger partial charge on any atom is 0.407 e. The van der Waals surface area contributed by atoms with Gasteiger partial charge in [-0.25, -0.2) is 4.79 Å². The minimum atomic E-state index is -0.475. The average molecular weight is 402 g/mol. The molecule has 0 saturated carbocycles. The first-order chi connectivity index (χ1) is 14.1. The molecule has 0 aliphatic heterocycles. The molecule has 4 rings (SSSR count). The van der Waals surface area contributed by atoms with Gasteiger partial charge in [0.25, 0.3) is 0 Å². The van der Waals surface area contributed by atoms with Crippen LogP contribution in [0.2, 0.25) is 5.02 Å². The van der Waals surface area contributed by atoms with E-state index in [1.807, 2.05) is 43.3 Å². The van der Waals surface area contributed by atoms with E-state index in [9.17, 15) is 4.79 Å². The molecule has 0 atom stereocenters. The van der Waals surface area contributed by atoms with E-state index in [4.69, 9.17) is 16.3 Å². The lowest BCUT2D eigenvalue weighted by Gasteiger charge is -2.14. The van der Waals surface area contributed by atoms with Gasteiger partial charge in [-0.3, -0.25) is 0 Å². The van der Waals surface area contributed by atoms with Crippen molar-refractivity contribution in [1.29, 1.82) is 0 Å². The number of hydrogen-bond acceptors (Lipinski definition) is 2. The number of fused-ring (bicyclic) bond motifs is 3. The van der Waals surface area contributed by atoms with Gasteiger partial charge in [-0.15, -0.1) is 0 Å². The number of benzene rings is 3. The van der Waals surface area contributed by atoms with E-state index < -0.39 is 6.09 Å². The molecule has 3 nitrogen and oxygen atoms in total. The Labute approximate surface area is 175 Å². The quantitative estimate of drug-likeness (QED) is 0.585. The Balaban J connectivity index is 1.37. The Hall–Kier alpha value is -3.22. The number of amides is 1. The first kappa shape index (κ1) is 19.1. The maximum absolute atomic E-state index is 12.1. The summed E-state index contributed by atoms with van der Waals surface area (Å²) in [7, 11) is 0. The minimum Gasteiger partial charge on any atom is -0.449 e. The Morgan fingerprint density at radius 3 is 2.31 bits per heavy atom. The van der Waals surface area contributed by atoms with E-state index in [-0.39, 0.29) is 19.1 Å². The number of hydrogen-bond donors (Lipinski definition) is 1. The van der Waals surface area contributed by atoms with Gasteiger partial charge in [0.1, 0.15) is 6.61 Å². The zero-order valence-corrected chi connectivity index (χ0v) is 16.8. The third-order valence-corrected chi connectivity index (χ3v) is 5.42. The van der Waals surface area contributed by atoms with Crippen LogP contribution in [0.15, 0.2) is 66.7 Å². The largest absolute Gasteiger partial charge is 0.449 e. The number of ether oxygens (including phenoxy) is 1. The summed E-state index contributed by atoms with van der Waals surface area (Å²) in [5, 5.41) is 3.30. The van der Waals surface area contributed by atoms with Crippen molar-refractivity contribution in [2.45, 2.75) is 12.8 Å². The number of halogens is 1. The second-order valence-corrected chi connectivity index (χ2v) is 7.32. The Bertz CT molecular complexity index is 1060. The summed E-state index contributed by atoms with van der Waals surface area (Å²) in [5.41, 5.74) is 6.58. The predicted octanol–water partition coefficient (Wildman–Crippen LogP) is 5.54. The molecule has 0 spiro atoms. The highest BCUT2D eigenvalue weighted by Crippen LogP contribution is 2.44. The van der Waals surface area contributed by atoms with Gasteiger partial charge in [0, 0.05) is 11.5 Å². The molecule has 0 fully saturated rings. The molecule has 1 aliphatic rings. The van der Waals surface area contributed by atoms with E-state index in [0.717, 1.165) is 11.1 Å². The highest BCUT2D eigenvalue weighted by molar-refractivity contribution is 6.31. The van der Waals surface area contributed by atoms with E-state index >= 15 is 0 Å². The van der Waals surface area contributed by atoms with Crippen LogP contribution in [0, 0.1) is 18.8 Å². The fraction of sp³-hybridized carbons (Fsp3) is 0.160. The van der Waals surface area contributed by atoms with E-state index in [1.54, 1.807) is 6.07 Å². The van der Waals surface area contributed by atoms with Crippen molar-refractivity contribution < 1.29 is 9.53 Å². The molecule has 1 amide bonds. The van der Waals surface area contributed by atoms with E-state index in [1.165, 1.54) is 22.3 Å². The molecule has 3 aromatic rings. The molecule has 1 N–H and O–H groups in total. The molecule has 0 bridgehead atoms. The summed E-state index contributed by atoms with van der Waals surface area (Å²) in [4.78, 5) is 12.1. The molecule has 3 aromatic carbocycles. The molecule has 4 heteroatoms. The van der Waals surface area contributed by atoms with Crippen LogP contribution in [-0.2, 0) is 4.74 Å². The van der Waals surface area contributed by atoms with Crippen LogP contribution < -0.4 is 5.32 Å². The molecule has 1 aliphatic carbocycles. The van der Waals surface area contributed by atoms with Gasteiger partial charge < -0.3 is 10.1 Å². The summed E-state index contributed by atoms with van der Waals surface area (Å²) in [6, 6.07) is 22.2. The summed E-state index contributed by atoms with van der Waals surface area (Å²) in [5.74, 6) is 5.98. The Morgan fingerprint density at radius 1 is 1.00 bits per heavy atom. The lowest BCUT2D eigenvalue weighted by atomic mass is 9.98. The molecule has 144 valence electrons. The van der Waals surface area contributed by atoms with Crippen molar-refractivity contribution in [2.24, 2.45) is 0 Å². The number of carbonyl (C=O) groups excluding carboxylic acids is 1. The second kappa shape index (κ2) is 8.43. The molecule has 0 heterocycles. The molecular formula is C25H20ClNO2. The third-order valence-electron chi connectivity index (χ3n) is 5.10.